The molecule has 8 heteroatoms. The molecule has 0 radical (unpaired) electrons. The lowest BCUT2D eigenvalue weighted by atomic mass is 10.2. The molecule has 1 N–H and O–H groups in total. The highest BCUT2D eigenvalue weighted by Crippen LogP contribution is 2.16. The van der Waals surface area contributed by atoms with Gasteiger partial charge < -0.3 is 4.74 Å². The highest BCUT2D eigenvalue weighted by atomic mass is 32.1. The molecule has 0 bridgehead atoms. The fourth-order valence-electron chi connectivity index (χ4n) is 2.24. The Hall–Kier alpha value is -2.58. The van der Waals surface area contributed by atoms with E-state index in [4.69, 9.17) is 17.0 Å². The van der Waals surface area contributed by atoms with E-state index in [1.165, 1.54) is 11.3 Å². The lowest BCUT2D eigenvalue weighted by molar-refractivity contribution is 0.0740. The molecule has 1 aromatic carbocycles. The minimum Gasteiger partial charge on any atom is -0.422 e. The first-order valence-electron chi connectivity index (χ1n) is 8.23. The normalized spacial score (nSPS) is 11.1. The predicted molar refractivity (Wildman–Crippen MR) is 105 cm³/mol. The van der Waals surface area contributed by atoms with Gasteiger partial charge >= 0.3 is 5.97 Å². The highest BCUT2D eigenvalue weighted by Gasteiger charge is 2.09. The third kappa shape index (κ3) is 4.53. The van der Waals surface area contributed by atoms with Crippen molar-refractivity contribution in [2.24, 2.45) is 5.10 Å². The van der Waals surface area contributed by atoms with E-state index in [-0.39, 0.29) is 5.97 Å². The van der Waals surface area contributed by atoms with Crippen molar-refractivity contribution in [3.05, 3.63) is 62.8 Å². The Morgan fingerprint density at radius 2 is 2.19 bits per heavy atom. The molecule has 2 heterocycles. The molecule has 26 heavy (non-hydrogen) atoms. The number of carbonyl (C=O) groups is 1. The number of unbranched alkanes of at least 4 members (excludes halogenated alkanes) is 1. The van der Waals surface area contributed by atoms with Crippen LogP contribution in [0.1, 0.15) is 40.8 Å². The molecule has 0 saturated heterocycles. The van der Waals surface area contributed by atoms with Gasteiger partial charge in [-0.05, 0) is 59.9 Å². The average molecular weight is 387 g/mol. The number of aromatic amines is 1. The zero-order chi connectivity index (χ0) is 18.4. The van der Waals surface area contributed by atoms with E-state index >= 15 is 0 Å². The minimum absolute atomic E-state index is 0.355. The minimum atomic E-state index is -0.355. The maximum absolute atomic E-state index is 11.9. The fraction of sp³-hybridized carbons (Fsp3) is 0.222. The second-order valence-corrected chi connectivity index (χ2v) is 6.88. The zero-order valence-corrected chi connectivity index (χ0v) is 15.8. The molecule has 0 fully saturated rings. The molecular weight excluding hydrogens is 368 g/mol. The number of hydrogen-bond acceptors (Lipinski definition) is 6. The van der Waals surface area contributed by atoms with Crippen molar-refractivity contribution in [3.8, 4) is 5.75 Å². The van der Waals surface area contributed by atoms with Crippen LogP contribution in [0.15, 0.2) is 46.9 Å². The summed E-state index contributed by atoms with van der Waals surface area (Å²) < 4.78 is 7.44. The number of H-pyrrole nitrogens is 1. The van der Waals surface area contributed by atoms with Crippen LogP contribution in [-0.2, 0) is 6.42 Å². The van der Waals surface area contributed by atoms with E-state index in [2.05, 4.69) is 22.2 Å². The Balaban J connectivity index is 1.68. The predicted octanol–water partition coefficient (Wildman–Crippen LogP) is 4.45. The van der Waals surface area contributed by atoms with Gasteiger partial charge in [0.15, 0.2) is 5.82 Å². The van der Waals surface area contributed by atoms with Gasteiger partial charge in [-0.15, -0.1) is 11.3 Å². The van der Waals surface area contributed by atoms with Crippen LogP contribution < -0.4 is 4.74 Å². The number of nitrogens with zero attached hydrogens (tertiary/aromatic N) is 3. The SMILES string of the molecule is CCCCc1n[nH]c(=S)n1/N=C\c1ccc(OC(=O)c2cccs2)cc1. The summed E-state index contributed by atoms with van der Waals surface area (Å²) in [4.78, 5) is 12.5. The van der Waals surface area contributed by atoms with Gasteiger partial charge in [0.2, 0.25) is 4.77 Å². The summed E-state index contributed by atoms with van der Waals surface area (Å²) in [6, 6.07) is 10.7. The van der Waals surface area contributed by atoms with Crippen molar-refractivity contribution in [3.63, 3.8) is 0 Å². The summed E-state index contributed by atoms with van der Waals surface area (Å²) in [7, 11) is 0. The Morgan fingerprint density at radius 3 is 2.88 bits per heavy atom. The maximum Gasteiger partial charge on any atom is 0.353 e. The number of nitrogens with one attached hydrogen (secondary N) is 1. The van der Waals surface area contributed by atoms with Gasteiger partial charge in [-0.2, -0.15) is 14.9 Å². The largest absolute Gasteiger partial charge is 0.422 e. The van der Waals surface area contributed by atoms with E-state index in [0.717, 1.165) is 30.7 Å². The summed E-state index contributed by atoms with van der Waals surface area (Å²) in [6.07, 6.45) is 4.62. The molecule has 3 rings (SSSR count). The van der Waals surface area contributed by atoms with Gasteiger partial charge in [-0.1, -0.05) is 19.4 Å². The van der Waals surface area contributed by atoms with Crippen LogP contribution >= 0.6 is 23.6 Å². The second kappa shape index (κ2) is 8.68. The second-order valence-electron chi connectivity index (χ2n) is 5.54. The molecule has 0 aliphatic rings. The van der Waals surface area contributed by atoms with E-state index in [9.17, 15) is 4.79 Å². The van der Waals surface area contributed by atoms with Crippen LogP contribution in [0.2, 0.25) is 0 Å². The smallest absolute Gasteiger partial charge is 0.353 e. The standard InChI is InChI=1S/C18H18N4O2S2/c1-2-3-6-16-20-21-18(25)22(16)19-12-13-7-9-14(10-8-13)24-17(23)15-5-4-11-26-15/h4-5,7-12H,2-3,6H2,1H3,(H,21,25)/b19-12-. The van der Waals surface area contributed by atoms with Crippen molar-refractivity contribution in [2.75, 3.05) is 0 Å². The van der Waals surface area contributed by atoms with Crippen LogP contribution in [0.5, 0.6) is 5.75 Å². The van der Waals surface area contributed by atoms with Crippen molar-refractivity contribution in [2.45, 2.75) is 26.2 Å². The Labute approximate surface area is 160 Å². The number of rotatable bonds is 7. The molecule has 0 spiro atoms. The van der Waals surface area contributed by atoms with Gasteiger partial charge in [0, 0.05) is 6.42 Å². The van der Waals surface area contributed by atoms with Crippen molar-refractivity contribution in [1.82, 2.24) is 14.9 Å². The third-order valence-electron chi connectivity index (χ3n) is 3.61. The number of esters is 1. The summed E-state index contributed by atoms with van der Waals surface area (Å²) >= 11 is 6.57. The monoisotopic (exact) mass is 386 g/mol. The lowest BCUT2D eigenvalue weighted by Crippen LogP contribution is -2.06. The Bertz CT molecular complexity index is 940. The van der Waals surface area contributed by atoms with Crippen LogP contribution in [-0.4, -0.2) is 27.1 Å². The summed E-state index contributed by atoms with van der Waals surface area (Å²) in [5.41, 5.74) is 0.866. The maximum atomic E-state index is 11.9. The number of aryl methyl sites for hydroxylation is 1. The molecule has 0 aliphatic carbocycles. The van der Waals surface area contributed by atoms with Crippen LogP contribution in [0.3, 0.4) is 0 Å². The molecule has 0 unspecified atom stereocenters. The molecular formula is C18H18N4O2S2. The molecule has 0 saturated carbocycles. The van der Waals surface area contributed by atoms with Gasteiger partial charge in [0.05, 0.1) is 6.21 Å². The van der Waals surface area contributed by atoms with Crippen molar-refractivity contribution >= 4 is 35.7 Å². The van der Waals surface area contributed by atoms with Crippen molar-refractivity contribution < 1.29 is 9.53 Å². The topological polar surface area (TPSA) is 72.3 Å². The number of carbonyl (C=O) groups excluding carboxylic acids is 1. The van der Waals surface area contributed by atoms with Crippen molar-refractivity contribution in [1.29, 1.82) is 0 Å². The van der Waals surface area contributed by atoms with Crippen LogP contribution in [0.25, 0.3) is 0 Å². The Morgan fingerprint density at radius 1 is 1.38 bits per heavy atom. The van der Waals surface area contributed by atoms with E-state index < -0.39 is 0 Å². The van der Waals surface area contributed by atoms with E-state index in [0.29, 0.717) is 15.4 Å². The lowest BCUT2D eigenvalue weighted by Gasteiger charge is -2.03. The Kier molecular flexibility index (Phi) is 6.08. The van der Waals surface area contributed by atoms with Gasteiger partial charge in [-0.3, -0.25) is 5.10 Å². The average Bonchev–Trinajstić information content (AvgIpc) is 3.30. The molecule has 0 atom stereocenters. The number of benzene rings is 1. The van der Waals surface area contributed by atoms with Crippen LogP contribution in [0.4, 0.5) is 0 Å². The molecule has 2 aromatic heterocycles. The molecule has 0 aliphatic heterocycles. The molecule has 3 aromatic rings. The van der Waals surface area contributed by atoms with Gasteiger partial charge in [0.1, 0.15) is 10.6 Å². The van der Waals surface area contributed by atoms with E-state index in [1.807, 2.05) is 23.6 Å². The molecule has 0 amide bonds. The molecule has 6 nitrogen and oxygen atoms in total. The first kappa shape index (κ1) is 18.2. The van der Waals surface area contributed by atoms with Gasteiger partial charge in [0.25, 0.3) is 0 Å². The third-order valence-corrected chi connectivity index (χ3v) is 4.72. The molecule has 134 valence electrons. The number of hydrogen-bond donors (Lipinski definition) is 1. The number of ether oxygens (including phenoxy) is 1. The summed E-state index contributed by atoms with van der Waals surface area (Å²) in [6.45, 7) is 2.13. The first-order valence-corrected chi connectivity index (χ1v) is 9.52. The quantitative estimate of drug-likeness (QED) is 0.282. The zero-order valence-electron chi connectivity index (χ0n) is 14.2. The fourth-order valence-corrected chi connectivity index (χ4v) is 3.04. The van der Waals surface area contributed by atoms with Crippen LogP contribution in [0, 0.1) is 4.77 Å². The summed E-state index contributed by atoms with van der Waals surface area (Å²) in [5, 5.41) is 13.2. The first-order chi connectivity index (χ1) is 12.7. The van der Waals surface area contributed by atoms with Gasteiger partial charge in [-0.25, -0.2) is 4.79 Å². The summed E-state index contributed by atoms with van der Waals surface area (Å²) in [5.74, 6) is 0.949. The highest BCUT2D eigenvalue weighted by molar-refractivity contribution is 7.71. The number of aromatic nitrogens is 3. The van der Waals surface area contributed by atoms with E-state index in [1.54, 1.807) is 29.1 Å². The number of thiophene rings is 1.